The Balaban J connectivity index is 1.80. The van der Waals surface area contributed by atoms with Gasteiger partial charge in [-0.1, -0.05) is 24.3 Å². The number of carbonyl (C=O) groups is 1. The molecule has 23 heavy (non-hydrogen) atoms. The van der Waals surface area contributed by atoms with Gasteiger partial charge in [-0.05, 0) is 49.9 Å². The minimum Gasteiger partial charge on any atom is -0.456 e. The summed E-state index contributed by atoms with van der Waals surface area (Å²) < 4.78 is 11.0. The first kappa shape index (κ1) is 15.8. The van der Waals surface area contributed by atoms with Crippen LogP contribution in [0.15, 0.2) is 40.8 Å². The largest absolute Gasteiger partial charge is 0.456 e. The number of amides is 1. The fourth-order valence-corrected chi connectivity index (χ4v) is 3.36. The number of nitrogens with one attached hydrogen (secondary N) is 1. The van der Waals surface area contributed by atoms with E-state index in [1.54, 1.807) is 12.1 Å². The van der Waals surface area contributed by atoms with E-state index in [9.17, 15) is 4.79 Å². The van der Waals surface area contributed by atoms with Gasteiger partial charge in [-0.2, -0.15) is 0 Å². The highest BCUT2D eigenvalue weighted by molar-refractivity contribution is 5.91. The third-order valence-corrected chi connectivity index (χ3v) is 4.72. The first-order valence-electron chi connectivity index (χ1n) is 8.09. The predicted octanol–water partition coefficient (Wildman–Crippen LogP) is 3.37. The number of benzene rings is 1. The molecule has 4 nitrogen and oxygen atoms in total. The lowest BCUT2D eigenvalue weighted by Crippen LogP contribution is -2.45. The van der Waals surface area contributed by atoms with Gasteiger partial charge in [0.2, 0.25) is 0 Å². The molecule has 4 heteroatoms. The van der Waals surface area contributed by atoms with Crippen LogP contribution in [0.25, 0.3) is 0 Å². The summed E-state index contributed by atoms with van der Waals surface area (Å²) >= 11 is 0. The molecule has 1 fully saturated rings. The molecule has 0 aliphatic carbocycles. The molecule has 1 aromatic heterocycles. The van der Waals surface area contributed by atoms with Crippen molar-refractivity contribution in [2.24, 2.45) is 0 Å². The average Bonchev–Trinajstić information content (AvgIpc) is 3.00. The molecule has 1 aliphatic rings. The van der Waals surface area contributed by atoms with Crippen molar-refractivity contribution in [2.45, 2.75) is 32.1 Å². The number of hydrogen-bond donors (Lipinski definition) is 1. The quantitative estimate of drug-likeness (QED) is 0.941. The summed E-state index contributed by atoms with van der Waals surface area (Å²) in [6, 6.07) is 11.9. The SMILES string of the molecule is Cc1ccc(C(=O)NCC2(c3ccccc3C)CCOCC2)o1. The second-order valence-electron chi connectivity index (χ2n) is 6.30. The molecule has 0 bridgehead atoms. The van der Waals surface area contributed by atoms with Gasteiger partial charge in [0.1, 0.15) is 5.76 Å². The molecule has 0 radical (unpaired) electrons. The number of hydrogen-bond acceptors (Lipinski definition) is 3. The van der Waals surface area contributed by atoms with Crippen LogP contribution in [0.3, 0.4) is 0 Å². The molecule has 0 saturated carbocycles. The molecule has 1 aliphatic heterocycles. The summed E-state index contributed by atoms with van der Waals surface area (Å²) in [4.78, 5) is 12.3. The number of aryl methyl sites for hydroxylation is 2. The van der Waals surface area contributed by atoms with E-state index in [0.717, 1.165) is 31.8 Å². The molecule has 0 unspecified atom stereocenters. The van der Waals surface area contributed by atoms with Crippen LogP contribution in [-0.2, 0) is 10.2 Å². The Kier molecular flexibility index (Phi) is 4.53. The van der Waals surface area contributed by atoms with Crippen LogP contribution in [0.1, 0.15) is 40.3 Å². The number of ether oxygens (including phenoxy) is 1. The lowest BCUT2D eigenvalue weighted by atomic mass is 9.72. The van der Waals surface area contributed by atoms with Crippen molar-refractivity contribution < 1.29 is 13.9 Å². The third kappa shape index (κ3) is 3.32. The average molecular weight is 313 g/mol. The molecule has 2 heterocycles. The van der Waals surface area contributed by atoms with E-state index < -0.39 is 0 Å². The van der Waals surface area contributed by atoms with Crippen LogP contribution in [0.2, 0.25) is 0 Å². The topological polar surface area (TPSA) is 51.5 Å². The maximum Gasteiger partial charge on any atom is 0.287 e. The van der Waals surface area contributed by atoms with Gasteiger partial charge in [0.25, 0.3) is 5.91 Å². The van der Waals surface area contributed by atoms with E-state index in [0.29, 0.717) is 12.3 Å². The molecule has 1 amide bonds. The summed E-state index contributed by atoms with van der Waals surface area (Å²) in [5.41, 5.74) is 2.50. The summed E-state index contributed by atoms with van der Waals surface area (Å²) in [6.07, 6.45) is 1.82. The Morgan fingerprint density at radius 1 is 1.13 bits per heavy atom. The molecular formula is C19H23NO3. The van der Waals surface area contributed by atoms with Gasteiger partial charge < -0.3 is 14.5 Å². The van der Waals surface area contributed by atoms with Gasteiger partial charge in [0.15, 0.2) is 5.76 Å². The van der Waals surface area contributed by atoms with Crippen molar-refractivity contribution in [2.75, 3.05) is 19.8 Å². The van der Waals surface area contributed by atoms with Crippen LogP contribution in [0.4, 0.5) is 0 Å². The lowest BCUT2D eigenvalue weighted by molar-refractivity contribution is 0.0482. The van der Waals surface area contributed by atoms with Crippen LogP contribution in [0.5, 0.6) is 0 Å². The molecule has 122 valence electrons. The molecule has 1 aromatic carbocycles. The molecule has 2 aromatic rings. The number of carbonyl (C=O) groups excluding carboxylic acids is 1. The monoisotopic (exact) mass is 313 g/mol. The van der Waals surface area contributed by atoms with E-state index in [2.05, 4.69) is 36.5 Å². The zero-order valence-corrected chi connectivity index (χ0v) is 13.7. The predicted molar refractivity (Wildman–Crippen MR) is 88.7 cm³/mol. The molecule has 1 N–H and O–H groups in total. The van der Waals surface area contributed by atoms with Crippen LogP contribution in [0, 0.1) is 13.8 Å². The van der Waals surface area contributed by atoms with E-state index in [1.165, 1.54) is 11.1 Å². The van der Waals surface area contributed by atoms with E-state index in [4.69, 9.17) is 9.15 Å². The second kappa shape index (κ2) is 6.59. The van der Waals surface area contributed by atoms with Crippen LogP contribution in [-0.4, -0.2) is 25.7 Å². The van der Waals surface area contributed by atoms with Crippen molar-refractivity contribution in [3.63, 3.8) is 0 Å². The highest BCUT2D eigenvalue weighted by atomic mass is 16.5. The van der Waals surface area contributed by atoms with E-state index in [1.807, 2.05) is 6.92 Å². The molecule has 0 atom stereocenters. The maximum atomic E-state index is 12.3. The van der Waals surface area contributed by atoms with Crippen molar-refractivity contribution in [3.8, 4) is 0 Å². The Bertz CT molecular complexity index is 683. The Labute approximate surface area is 136 Å². The summed E-state index contributed by atoms with van der Waals surface area (Å²) in [5.74, 6) is 0.960. The first-order valence-corrected chi connectivity index (χ1v) is 8.09. The zero-order valence-electron chi connectivity index (χ0n) is 13.7. The van der Waals surface area contributed by atoms with Gasteiger partial charge in [0.05, 0.1) is 0 Å². The Hall–Kier alpha value is -2.07. The normalized spacial score (nSPS) is 17.0. The van der Waals surface area contributed by atoms with E-state index >= 15 is 0 Å². The molecule has 0 spiro atoms. The minimum atomic E-state index is -0.155. The van der Waals surface area contributed by atoms with Gasteiger partial charge >= 0.3 is 0 Å². The molecule has 3 rings (SSSR count). The maximum absolute atomic E-state index is 12.3. The number of rotatable bonds is 4. The smallest absolute Gasteiger partial charge is 0.287 e. The van der Waals surface area contributed by atoms with Gasteiger partial charge in [-0.15, -0.1) is 0 Å². The second-order valence-corrected chi connectivity index (χ2v) is 6.30. The van der Waals surface area contributed by atoms with Crippen LogP contribution >= 0.6 is 0 Å². The third-order valence-electron chi connectivity index (χ3n) is 4.72. The minimum absolute atomic E-state index is 0.0686. The fraction of sp³-hybridized carbons (Fsp3) is 0.421. The van der Waals surface area contributed by atoms with E-state index in [-0.39, 0.29) is 11.3 Å². The first-order chi connectivity index (χ1) is 11.1. The standard InChI is InChI=1S/C19H23NO3/c1-14-5-3-4-6-16(14)19(9-11-22-12-10-19)13-20-18(21)17-8-7-15(2)23-17/h3-8H,9-13H2,1-2H3,(H,20,21). The van der Waals surface area contributed by atoms with Gasteiger partial charge in [0, 0.05) is 25.2 Å². The summed E-state index contributed by atoms with van der Waals surface area (Å²) in [5, 5.41) is 3.06. The highest BCUT2D eigenvalue weighted by Crippen LogP contribution is 2.36. The lowest BCUT2D eigenvalue weighted by Gasteiger charge is -2.38. The van der Waals surface area contributed by atoms with Crippen molar-refractivity contribution in [1.82, 2.24) is 5.32 Å². The van der Waals surface area contributed by atoms with Crippen molar-refractivity contribution in [1.29, 1.82) is 0 Å². The van der Waals surface area contributed by atoms with Crippen molar-refractivity contribution in [3.05, 3.63) is 59.0 Å². The van der Waals surface area contributed by atoms with Gasteiger partial charge in [-0.25, -0.2) is 0 Å². The summed E-state index contributed by atoms with van der Waals surface area (Å²) in [6.45, 7) is 6.02. The van der Waals surface area contributed by atoms with Gasteiger partial charge in [-0.3, -0.25) is 4.79 Å². The molecule has 1 saturated heterocycles. The summed E-state index contributed by atoms with van der Waals surface area (Å²) in [7, 11) is 0. The Morgan fingerprint density at radius 3 is 2.52 bits per heavy atom. The Morgan fingerprint density at radius 2 is 1.87 bits per heavy atom. The fourth-order valence-electron chi connectivity index (χ4n) is 3.36. The highest BCUT2D eigenvalue weighted by Gasteiger charge is 2.36. The zero-order chi connectivity index (χ0) is 16.3. The van der Waals surface area contributed by atoms with Crippen molar-refractivity contribution >= 4 is 5.91 Å². The molecular weight excluding hydrogens is 290 g/mol. The van der Waals surface area contributed by atoms with Crippen LogP contribution < -0.4 is 5.32 Å². The number of furan rings is 1.